The van der Waals surface area contributed by atoms with E-state index in [2.05, 4.69) is 10.5 Å². The lowest BCUT2D eigenvalue weighted by atomic mass is 10.1. The molecule has 1 amide bonds. The Balaban J connectivity index is 2.03. The van der Waals surface area contributed by atoms with E-state index in [9.17, 15) is 9.90 Å². The van der Waals surface area contributed by atoms with Gasteiger partial charge in [0.1, 0.15) is 5.76 Å². The van der Waals surface area contributed by atoms with Crippen molar-refractivity contribution in [1.82, 2.24) is 5.16 Å². The molecule has 0 aliphatic rings. The maximum atomic E-state index is 12.1. The Morgan fingerprint density at radius 3 is 2.81 bits per heavy atom. The van der Waals surface area contributed by atoms with Crippen LogP contribution in [0.3, 0.4) is 0 Å². The summed E-state index contributed by atoms with van der Waals surface area (Å²) in [5, 5.41) is 15.8. The van der Waals surface area contributed by atoms with Gasteiger partial charge in [0, 0.05) is 18.2 Å². The average Bonchev–Trinajstić information content (AvgIpc) is 2.88. The van der Waals surface area contributed by atoms with Gasteiger partial charge in [0.2, 0.25) is 0 Å². The third-order valence-corrected chi connectivity index (χ3v) is 3.23. The first-order chi connectivity index (χ1) is 9.95. The van der Waals surface area contributed by atoms with Gasteiger partial charge >= 0.3 is 0 Å². The molecular weight excluding hydrogens is 268 g/mol. The molecule has 0 aliphatic heterocycles. The highest BCUT2D eigenvalue weighted by Crippen LogP contribution is 2.17. The van der Waals surface area contributed by atoms with Gasteiger partial charge in [-0.05, 0) is 38.8 Å². The molecule has 0 saturated carbocycles. The molecule has 0 aliphatic carbocycles. The Bertz CT molecular complexity index is 632. The molecule has 0 bridgehead atoms. The molecule has 0 saturated heterocycles. The van der Waals surface area contributed by atoms with Crippen molar-refractivity contribution >= 4 is 11.6 Å². The highest BCUT2D eigenvalue weighted by Gasteiger charge is 2.14. The van der Waals surface area contributed by atoms with Crippen molar-refractivity contribution < 1.29 is 14.4 Å². The maximum Gasteiger partial charge on any atom is 0.277 e. The Labute approximate surface area is 124 Å². The number of nitrogens with zero attached hydrogens (tertiary/aromatic N) is 1. The summed E-state index contributed by atoms with van der Waals surface area (Å²) < 4.78 is 5.10. The number of aryl methyl sites for hydroxylation is 3. The topological polar surface area (TPSA) is 75.4 Å². The second kappa shape index (κ2) is 6.54. The minimum absolute atomic E-state index is 0.246. The highest BCUT2D eigenvalue weighted by atomic mass is 16.5. The van der Waals surface area contributed by atoms with Crippen LogP contribution in [0.5, 0.6) is 0 Å². The quantitative estimate of drug-likeness (QED) is 0.887. The molecule has 2 aromatic rings. The Morgan fingerprint density at radius 1 is 1.38 bits per heavy atom. The number of amides is 1. The number of aliphatic hydroxyl groups is 1. The number of hydrogen-bond donors (Lipinski definition) is 2. The fourth-order valence-electron chi connectivity index (χ4n) is 2.03. The molecular formula is C16H20N2O3. The summed E-state index contributed by atoms with van der Waals surface area (Å²) in [5.41, 5.74) is 3.16. The third-order valence-electron chi connectivity index (χ3n) is 3.23. The van der Waals surface area contributed by atoms with E-state index in [0.29, 0.717) is 18.6 Å². The molecule has 2 N–H and O–H groups in total. The standard InChI is InChI=1S/C16H20N2O3/c1-10-4-7-14(11(2)8-10)17-16(20)15-9-13(21-18-15)6-5-12(3)19/h4,7-9,12,19H,5-6H2,1-3H3,(H,17,20). The van der Waals surface area contributed by atoms with E-state index in [1.54, 1.807) is 13.0 Å². The largest absolute Gasteiger partial charge is 0.393 e. The van der Waals surface area contributed by atoms with Gasteiger partial charge in [-0.2, -0.15) is 0 Å². The molecule has 112 valence electrons. The SMILES string of the molecule is Cc1ccc(NC(=O)c2cc(CCC(C)O)on2)c(C)c1. The number of carbonyl (C=O) groups is 1. The zero-order chi connectivity index (χ0) is 15.4. The molecule has 1 aromatic heterocycles. The monoisotopic (exact) mass is 288 g/mol. The molecule has 1 atom stereocenters. The van der Waals surface area contributed by atoms with Crippen LogP contribution in [-0.4, -0.2) is 22.3 Å². The maximum absolute atomic E-state index is 12.1. The number of benzene rings is 1. The smallest absolute Gasteiger partial charge is 0.277 e. The lowest BCUT2D eigenvalue weighted by Gasteiger charge is -2.07. The fourth-order valence-corrected chi connectivity index (χ4v) is 2.03. The molecule has 0 fully saturated rings. The normalized spacial score (nSPS) is 12.2. The van der Waals surface area contributed by atoms with Crippen molar-refractivity contribution in [1.29, 1.82) is 0 Å². The van der Waals surface area contributed by atoms with Gasteiger partial charge in [-0.1, -0.05) is 22.9 Å². The molecule has 2 rings (SSSR count). The fraction of sp³-hybridized carbons (Fsp3) is 0.375. The second-order valence-electron chi connectivity index (χ2n) is 5.34. The summed E-state index contributed by atoms with van der Waals surface area (Å²) in [6.07, 6.45) is 0.733. The molecule has 1 unspecified atom stereocenters. The van der Waals surface area contributed by atoms with Crippen LogP contribution in [-0.2, 0) is 6.42 Å². The number of hydrogen-bond acceptors (Lipinski definition) is 4. The lowest BCUT2D eigenvalue weighted by molar-refractivity contribution is 0.101. The summed E-state index contributed by atoms with van der Waals surface area (Å²) in [6.45, 7) is 5.66. The molecule has 0 spiro atoms. The van der Waals surface area contributed by atoms with E-state index in [-0.39, 0.29) is 11.6 Å². The minimum atomic E-state index is -0.400. The number of aromatic nitrogens is 1. The molecule has 1 aromatic carbocycles. The van der Waals surface area contributed by atoms with Gasteiger partial charge in [-0.15, -0.1) is 0 Å². The number of nitrogens with one attached hydrogen (secondary N) is 1. The van der Waals surface area contributed by atoms with Crippen molar-refractivity contribution in [3.63, 3.8) is 0 Å². The summed E-state index contributed by atoms with van der Waals surface area (Å²) in [5.74, 6) is 0.302. The van der Waals surface area contributed by atoms with Crippen LogP contribution in [0, 0.1) is 13.8 Å². The molecule has 5 nitrogen and oxygen atoms in total. The average molecular weight is 288 g/mol. The van der Waals surface area contributed by atoms with Gasteiger partial charge in [0.15, 0.2) is 5.69 Å². The van der Waals surface area contributed by atoms with Crippen molar-refractivity contribution in [2.45, 2.75) is 39.7 Å². The van der Waals surface area contributed by atoms with Crippen LogP contribution in [0.25, 0.3) is 0 Å². The molecule has 1 heterocycles. The van der Waals surface area contributed by atoms with Crippen LogP contribution < -0.4 is 5.32 Å². The van der Waals surface area contributed by atoms with Crippen LogP contribution >= 0.6 is 0 Å². The highest BCUT2D eigenvalue weighted by molar-refractivity contribution is 6.03. The first kappa shape index (κ1) is 15.3. The zero-order valence-electron chi connectivity index (χ0n) is 12.5. The van der Waals surface area contributed by atoms with Gasteiger partial charge < -0.3 is 14.9 Å². The lowest BCUT2D eigenvalue weighted by Crippen LogP contribution is -2.13. The van der Waals surface area contributed by atoms with E-state index in [1.165, 1.54) is 0 Å². The van der Waals surface area contributed by atoms with Crippen LogP contribution in [0.15, 0.2) is 28.8 Å². The predicted molar refractivity (Wildman–Crippen MR) is 80.4 cm³/mol. The van der Waals surface area contributed by atoms with E-state index >= 15 is 0 Å². The number of rotatable bonds is 5. The van der Waals surface area contributed by atoms with Crippen molar-refractivity contribution in [3.8, 4) is 0 Å². The van der Waals surface area contributed by atoms with Crippen molar-refractivity contribution in [2.75, 3.05) is 5.32 Å². The third kappa shape index (κ3) is 4.16. The first-order valence-corrected chi connectivity index (χ1v) is 6.98. The molecule has 5 heteroatoms. The summed E-state index contributed by atoms with van der Waals surface area (Å²) >= 11 is 0. The summed E-state index contributed by atoms with van der Waals surface area (Å²) in [6, 6.07) is 7.43. The van der Waals surface area contributed by atoms with E-state index in [0.717, 1.165) is 16.8 Å². The van der Waals surface area contributed by atoms with Crippen LogP contribution in [0.1, 0.15) is 40.7 Å². The number of carbonyl (C=O) groups excluding carboxylic acids is 1. The summed E-state index contributed by atoms with van der Waals surface area (Å²) in [7, 11) is 0. The predicted octanol–water partition coefficient (Wildman–Crippen LogP) is 2.86. The van der Waals surface area contributed by atoms with Crippen molar-refractivity contribution in [3.05, 3.63) is 46.8 Å². The van der Waals surface area contributed by atoms with Gasteiger partial charge in [0.05, 0.1) is 6.10 Å². The first-order valence-electron chi connectivity index (χ1n) is 6.98. The van der Waals surface area contributed by atoms with E-state index < -0.39 is 6.10 Å². The minimum Gasteiger partial charge on any atom is -0.393 e. The van der Waals surface area contributed by atoms with Crippen LogP contribution in [0.4, 0.5) is 5.69 Å². The second-order valence-corrected chi connectivity index (χ2v) is 5.34. The Kier molecular flexibility index (Phi) is 4.75. The van der Waals surface area contributed by atoms with Gasteiger partial charge in [-0.3, -0.25) is 4.79 Å². The Morgan fingerprint density at radius 2 is 2.14 bits per heavy atom. The summed E-state index contributed by atoms with van der Waals surface area (Å²) in [4.78, 5) is 12.1. The van der Waals surface area contributed by atoms with Gasteiger partial charge in [-0.25, -0.2) is 0 Å². The molecule has 21 heavy (non-hydrogen) atoms. The Hall–Kier alpha value is -2.14. The van der Waals surface area contributed by atoms with Crippen LogP contribution in [0.2, 0.25) is 0 Å². The zero-order valence-corrected chi connectivity index (χ0v) is 12.5. The molecule has 0 radical (unpaired) electrons. The van der Waals surface area contributed by atoms with Gasteiger partial charge in [0.25, 0.3) is 5.91 Å². The number of anilines is 1. The van der Waals surface area contributed by atoms with E-state index in [1.807, 2.05) is 32.0 Å². The van der Waals surface area contributed by atoms with E-state index in [4.69, 9.17) is 4.52 Å². The number of aliphatic hydroxyl groups excluding tert-OH is 1. The van der Waals surface area contributed by atoms with Crippen molar-refractivity contribution in [2.24, 2.45) is 0 Å².